The van der Waals surface area contributed by atoms with Gasteiger partial charge in [0.05, 0.1) is 11.6 Å². The molecule has 104 valence electrons. The molecule has 0 radical (unpaired) electrons. The number of aryl methyl sites for hydroxylation is 1. The maximum Gasteiger partial charge on any atom is 0.323 e. The number of carboxylic acids is 1. The topological polar surface area (TPSA) is 82.5 Å². The predicted molar refractivity (Wildman–Crippen MR) is 72.4 cm³/mol. The van der Waals surface area contributed by atoms with Crippen molar-refractivity contribution >= 4 is 28.5 Å². The zero-order valence-electron chi connectivity index (χ0n) is 10.8. The predicted octanol–water partition coefficient (Wildman–Crippen LogP) is 2.03. The molecule has 1 atom stereocenters. The molecule has 0 aromatic carbocycles. The van der Waals surface area contributed by atoms with Crippen LogP contribution in [0.2, 0.25) is 0 Å². The molecule has 6 nitrogen and oxygen atoms in total. The van der Waals surface area contributed by atoms with Gasteiger partial charge in [-0.1, -0.05) is 13.3 Å². The van der Waals surface area contributed by atoms with Crippen LogP contribution in [0.3, 0.4) is 0 Å². The number of carboxylic acid groups (broad SMARTS) is 1. The number of aliphatic carboxylic acids is 1. The van der Waals surface area contributed by atoms with Crippen molar-refractivity contribution in [2.75, 3.05) is 18.4 Å². The van der Waals surface area contributed by atoms with Crippen LogP contribution in [0.1, 0.15) is 25.5 Å². The van der Waals surface area contributed by atoms with E-state index in [0.29, 0.717) is 18.1 Å². The minimum absolute atomic E-state index is 0.263. The van der Waals surface area contributed by atoms with Crippen molar-refractivity contribution in [3.8, 4) is 0 Å². The summed E-state index contributed by atoms with van der Waals surface area (Å²) in [7, 11) is 0. The molecule has 1 aromatic rings. The lowest BCUT2D eigenvalue weighted by Crippen LogP contribution is -2.33. The summed E-state index contributed by atoms with van der Waals surface area (Å²) in [6.45, 7) is 2.83. The summed E-state index contributed by atoms with van der Waals surface area (Å²) in [5.74, 6) is -1.28. The smallest absolute Gasteiger partial charge is 0.323 e. The third-order valence-electron chi connectivity index (χ3n) is 3.10. The van der Waals surface area contributed by atoms with Crippen molar-refractivity contribution in [1.82, 2.24) is 9.88 Å². The lowest BCUT2D eigenvalue weighted by molar-refractivity contribution is -0.141. The highest BCUT2D eigenvalue weighted by Gasteiger charge is 2.31. The van der Waals surface area contributed by atoms with E-state index >= 15 is 0 Å². The molecule has 0 bridgehead atoms. The Hall–Kier alpha value is -1.63. The van der Waals surface area contributed by atoms with Gasteiger partial charge in [0.25, 0.3) is 0 Å². The monoisotopic (exact) mass is 283 g/mol. The van der Waals surface area contributed by atoms with Crippen LogP contribution in [-0.4, -0.2) is 40.1 Å². The number of urea groups is 1. The van der Waals surface area contributed by atoms with Crippen molar-refractivity contribution in [1.29, 1.82) is 0 Å². The van der Waals surface area contributed by atoms with E-state index in [1.54, 1.807) is 0 Å². The van der Waals surface area contributed by atoms with Crippen molar-refractivity contribution in [2.24, 2.45) is 5.92 Å². The van der Waals surface area contributed by atoms with Crippen LogP contribution < -0.4 is 5.32 Å². The summed E-state index contributed by atoms with van der Waals surface area (Å²) < 4.78 is 0. The second-order valence-electron chi connectivity index (χ2n) is 4.59. The fourth-order valence-corrected chi connectivity index (χ4v) is 2.79. The van der Waals surface area contributed by atoms with Crippen LogP contribution in [0.4, 0.5) is 9.93 Å². The third-order valence-corrected chi connectivity index (χ3v) is 3.90. The molecule has 1 unspecified atom stereocenters. The number of hydrogen-bond acceptors (Lipinski definition) is 4. The van der Waals surface area contributed by atoms with Gasteiger partial charge in [0, 0.05) is 18.5 Å². The molecule has 1 fully saturated rings. The quantitative estimate of drug-likeness (QED) is 0.885. The maximum absolute atomic E-state index is 11.9. The molecular formula is C12H17N3O3S. The summed E-state index contributed by atoms with van der Waals surface area (Å²) in [4.78, 5) is 28.6. The van der Waals surface area contributed by atoms with Crippen molar-refractivity contribution in [2.45, 2.75) is 26.2 Å². The SMILES string of the molecule is CCCc1csc(NC(=O)N2CCC(C(=O)O)C2)n1. The molecule has 0 spiro atoms. The Balaban J connectivity index is 1.88. The van der Waals surface area contributed by atoms with Crippen molar-refractivity contribution in [3.05, 3.63) is 11.1 Å². The highest BCUT2D eigenvalue weighted by atomic mass is 32.1. The zero-order valence-corrected chi connectivity index (χ0v) is 11.6. The first-order valence-electron chi connectivity index (χ1n) is 6.33. The molecule has 1 aliphatic rings. The summed E-state index contributed by atoms with van der Waals surface area (Å²) >= 11 is 1.40. The van der Waals surface area contributed by atoms with Crippen LogP contribution in [0, 0.1) is 5.92 Å². The van der Waals surface area contributed by atoms with E-state index < -0.39 is 11.9 Å². The number of carbonyl (C=O) groups excluding carboxylic acids is 1. The first-order chi connectivity index (χ1) is 9.10. The van der Waals surface area contributed by atoms with Crippen LogP contribution in [0.25, 0.3) is 0 Å². The highest BCUT2D eigenvalue weighted by molar-refractivity contribution is 7.13. The van der Waals surface area contributed by atoms with Crippen molar-refractivity contribution in [3.63, 3.8) is 0 Å². The molecule has 1 aliphatic heterocycles. The molecular weight excluding hydrogens is 266 g/mol. The van der Waals surface area contributed by atoms with Gasteiger partial charge in [-0.2, -0.15) is 0 Å². The van der Waals surface area contributed by atoms with E-state index in [2.05, 4.69) is 17.2 Å². The van der Waals surface area contributed by atoms with Gasteiger partial charge in [0.15, 0.2) is 5.13 Å². The van der Waals surface area contributed by atoms with E-state index in [0.717, 1.165) is 18.5 Å². The Morgan fingerprint density at radius 3 is 3.05 bits per heavy atom. The second kappa shape index (κ2) is 6.01. The number of nitrogens with zero attached hydrogens (tertiary/aromatic N) is 2. The van der Waals surface area contributed by atoms with Gasteiger partial charge in [-0.05, 0) is 12.8 Å². The zero-order chi connectivity index (χ0) is 13.8. The Morgan fingerprint density at radius 2 is 2.42 bits per heavy atom. The second-order valence-corrected chi connectivity index (χ2v) is 5.45. The van der Waals surface area contributed by atoms with Crippen LogP contribution >= 0.6 is 11.3 Å². The maximum atomic E-state index is 11.9. The van der Waals surface area contributed by atoms with E-state index in [4.69, 9.17) is 5.11 Å². The molecule has 0 saturated carbocycles. The van der Waals surface area contributed by atoms with Gasteiger partial charge in [-0.15, -0.1) is 11.3 Å². The van der Waals surface area contributed by atoms with Gasteiger partial charge in [0.2, 0.25) is 0 Å². The number of thiazole rings is 1. The van der Waals surface area contributed by atoms with E-state index in [9.17, 15) is 9.59 Å². The minimum atomic E-state index is -0.838. The van der Waals surface area contributed by atoms with Gasteiger partial charge in [-0.25, -0.2) is 9.78 Å². The van der Waals surface area contributed by atoms with Gasteiger partial charge in [0.1, 0.15) is 0 Å². The Kier molecular flexibility index (Phi) is 4.36. The lowest BCUT2D eigenvalue weighted by atomic mass is 10.1. The molecule has 2 N–H and O–H groups in total. The third kappa shape index (κ3) is 3.44. The molecule has 2 amide bonds. The van der Waals surface area contributed by atoms with Gasteiger partial charge >= 0.3 is 12.0 Å². The highest BCUT2D eigenvalue weighted by Crippen LogP contribution is 2.20. The summed E-state index contributed by atoms with van der Waals surface area (Å²) in [5, 5.41) is 14.1. The number of rotatable bonds is 4. The van der Waals surface area contributed by atoms with Gasteiger partial charge in [-0.3, -0.25) is 10.1 Å². The summed E-state index contributed by atoms with van der Waals surface area (Å²) in [6.07, 6.45) is 2.43. The molecule has 2 rings (SSSR count). The van der Waals surface area contributed by atoms with E-state index in [-0.39, 0.29) is 12.6 Å². The number of likely N-dealkylation sites (tertiary alicyclic amines) is 1. The number of aromatic nitrogens is 1. The first kappa shape index (κ1) is 13.8. The Morgan fingerprint density at radius 1 is 1.63 bits per heavy atom. The molecule has 7 heteroatoms. The molecule has 2 heterocycles. The molecule has 1 aromatic heterocycles. The Labute approximate surface area is 115 Å². The number of hydrogen-bond donors (Lipinski definition) is 2. The first-order valence-corrected chi connectivity index (χ1v) is 7.21. The minimum Gasteiger partial charge on any atom is -0.481 e. The molecule has 1 saturated heterocycles. The fraction of sp³-hybridized carbons (Fsp3) is 0.583. The number of anilines is 1. The van der Waals surface area contributed by atoms with E-state index in [1.807, 2.05) is 5.38 Å². The molecule has 19 heavy (non-hydrogen) atoms. The fourth-order valence-electron chi connectivity index (χ4n) is 2.05. The van der Waals surface area contributed by atoms with Gasteiger partial charge < -0.3 is 10.0 Å². The standard InChI is InChI=1S/C12H17N3O3S/c1-2-3-9-7-19-11(13-9)14-12(18)15-5-4-8(6-15)10(16)17/h7-8H,2-6H2,1H3,(H,16,17)(H,13,14,18). The van der Waals surface area contributed by atoms with Crippen LogP contribution in [-0.2, 0) is 11.2 Å². The normalized spacial score (nSPS) is 18.6. The van der Waals surface area contributed by atoms with Crippen LogP contribution in [0.5, 0.6) is 0 Å². The number of nitrogens with one attached hydrogen (secondary N) is 1. The largest absolute Gasteiger partial charge is 0.481 e. The van der Waals surface area contributed by atoms with Crippen molar-refractivity contribution < 1.29 is 14.7 Å². The summed E-state index contributed by atoms with van der Waals surface area (Å²) in [5.41, 5.74) is 0.979. The number of amides is 2. The van der Waals surface area contributed by atoms with E-state index in [1.165, 1.54) is 16.2 Å². The number of carbonyl (C=O) groups is 2. The average molecular weight is 283 g/mol. The van der Waals surface area contributed by atoms with Crippen LogP contribution in [0.15, 0.2) is 5.38 Å². The summed E-state index contributed by atoms with van der Waals surface area (Å²) in [6, 6.07) is -0.263. The molecule has 0 aliphatic carbocycles. The lowest BCUT2D eigenvalue weighted by Gasteiger charge is -2.15. The Bertz CT molecular complexity index is 475. The average Bonchev–Trinajstić information content (AvgIpc) is 2.98.